The second-order valence-corrected chi connectivity index (χ2v) is 3.69. The van der Waals surface area contributed by atoms with Crippen LogP contribution in [0, 0.1) is 6.92 Å². The average molecular weight is 244 g/mol. The fraction of sp³-hybridized carbons (Fsp3) is 0.444. The molecule has 13 heavy (non-hydrogen) atoms. The standard InChI is InChI=1S/C9H14BrN3/c1-7-8(10)3-4-9(13-7)12-6-2-5-11/h3-4H,2,5-6,11H2,1H3,(H,12,13). The molecule has 1 aromatic heterocycles. The molecule has 0 bridgehead atoms. The van der Waals surface area contributed by atoms with Gasteiger partial charge < -0.3 is 11.1 Å². The Labute approximate surface area is 86.9 Å². The van der Waals surface area contributed by atoms with Crippen LogP contribution in [0.4, 0.5) is 5.82 Å². The lowest BCUT2D eigenvalue weighted by atomic mass is 10.3. The second kappa shape index (κ2) is 5.19. The SMILES string of the molecule is Cc1nc(NCCCN)ccc1Br. The van der Waals surface area contributed by atoms with Crippen LogP contribution in [0.15, 0.2) is 16.6 Å². The van der Waals surface area contributed by atoms with Gasteiger partial charge in [0.15, 0.2) is 0 Å². The van der Waals surface area contributed by atoms with Crippen molar-refractivity contribution < 1.29 is 0 Å². The summed E-state index contributed by atoms with van der Waals surface area (Å²) in [7, 11) is 0. The number of nitrogens with one attached hydrogen (secondary N) is 1. The maximum absolute atomic E-state index is 5.38. The van der Waals surface area contributed by atoms with Gasteiger partial charge in [-0.15, -0.1) is 0 Å². The van der Waals surface area contributed by atoms with Crippen molar-refractivity contribution in [3.63, 3.8) is 0 Å². The molecule has 0 aliphatic carbocycles. The Kier molecular flexibility index (Phi) is 4.18. The van der Waals surface area contributed by atoms with Gasteiger partial charge in [0.05, 0.1) is 5.69 Å². The molecule has 3 nitrogen and oxygen atoms in total. The van der Waals surface area contributed by atoms with E-state index in [4.69, 9.17) is 5.73 Å². The molecule has 0 fully saturated rings. The maximum Gasteiger partial charge on any atom is 0.126 e. The first-order chi connectivity index (χ1) is 6.24. The molecule has 0 spiro atoms. The van der Waals surface area contributed by atoms with Crippen LogP contribution in [-0.2, 0) is 0 Å². The largest absolute Gasteiger partial charge is 0.370 e. The first kappa shape index (κ1) is 10.5. The van der Waals surface area contributed by atoms with Crippen LogP contribution in [-0.4, -0.2) is 18.1 Å². The summed E-state index contributed by atoms with van der Waals surface area (Å²) < 4.78 is 1.04. The lowest BCUT2D eigenvalue weighted by Gasteiger charge is -2.05. The number of aryl methyl sites for hydroxylation is 1. The van der Waals surface area contributed by atoms with Gasteiger partial charge in [-0.2, -0.15) is 0 Å². The molecule has 0 saturated carbocycles. The number of pyridine rings is 1. The fourth-order valence-electron chi connectivity index (χ4n) is 0.961. The molecule has 3 N–H and O–H groups in total. The lowest BCUT2D eigenvalue weighted by Crippen LogP contribution is -2.09. The Hall–Kier alpha value is -0.610. The normalized spacial score (nSPS) is 10.1. The highest BCUT2D eigenvalue weighted by Gasteiger charge is 1.97. The van der Waals surface area contributed by atoms with Crippen LogP contribution in [0.3, 0.4) is 0 Å². The van der Waals surface area contributed by atoms with E-state index in [1.807, 2.05) is 19.1 Å². The molecule has 1 rings (SSSR count). The predicted molar refractivity (Wildman–Crippen MR) is 58.8 cm³/mol. The van der Waals surface area contributed by atoms with E-state index in [0.29, 0.717) is 6.54 Å². The quantitative estimate of drug-likeness (QED) is 0.795. The van der Waals surface area contributed by atoms with Gasteiger partial charge in [-0.25, -0.2) is 4.98 Å². The smallest absolute Gasteiger partial charge is 0.126 e. The van der Waals surface area contributed by atoms with E-state index in [-0.39, 0.29) is 0 Å². The third-order valence-electron chi connectivity index (χ3n) is 1.71. The summed E-state index contributed by atoms with van der Waals surface area (Å²) in [5, 5.41) is 3.20. The van der Waals surface area contributed by atoms with Gasteiger partial charge in [0.1, 0.15) is 5.82 Å². The predicted octanol–water partition coefficient (Wildman–Crippen LogP) is 1.91. The number of nitrogens with two attached hydrogens (primary N) is 1. The van der Waals surface area contributed by atoms with Crippen LogP contribution >= 0.6 is 15.9 Å². The summed E-state index contributed by atoms with van der Waals surface area (Å²) in [5.74, 6) is 0.911. The first-order valence-electron chi connectivity index (χ1n) is 4.31. The van der Waals surface area contributed by atoms with Gasteiger partial charge in [0, 0.05) is 11.0 Å². The molecule has 0 atom stereocenters. The van der Waals surface area contributed by atoms with Crippen LogP contribution < -0.4 is 11.1 Å². The number of aromatic nitrogens is 1. The molecule has 1 aromatic rings. The molecule has 4 heteroatoms. The van der Waals surface area contributed by atoms with Crippen molar-refractivity contribution in [2.45, 2.75) is 13.3 Å². The minimum atomic E-state index is 0.711. The summed E-state index contributed by atoms with van der Waals surface area (Å²) in [6.07, 6.45) is 0.969. The molecule has 0 aliphatic heterocycles. The first-order valence-corrected chi connectivity index (χ1v) is 5.10. The monoisotopic (exact) mass is 243 g/mol. The molecular formula is C9H14BrN3. The van der Waals surface area contributed by atoms with E-state index in [2.05, 4.69) is 26.2 Å². The van der Waals surface area contributed by atoms with E-state index >= 15 is 0 Å². The van der Waals surface area contributed by atoms with Crippen LogP contribution in [0.2, 0.25) is 0 Å². The second-order valence-electron chi connectivity index (χ2n) is 2.83. The van der Waals surface area contributed by atoms with Crippen molar-refractivity contribution in [3.05, 3.63) is 22.3 Å². The van der Waals surface area contributed by atoms with Crippen LogP contribution in [0.1, 0.15) is 12.1 Å². The van der Waals surface area contributed by atoms with Crippen molar-refractivity contribution in [2.75, 3.05) is 18.4 Å². The molecule has 0 aromatic carbocycles. The van der Waals surface area contributed by atoms with Crippen molar-refractivity contribution in [1.29, 1.82) is 0 Å². The van der Waals surface area contributed by atoms with Crippen molar-refractivity contribution in [2.24, 2.45) is 5.73 Å². The van der Waals surface area contributed by atoms with Gasteiger partial charge in [0.2, 0.25) is 0 Å². The number of nitrogens with zero attached hydrogens (tertiary/aromatic N) is 1. The number of halogens is 1. The van der Waals surface area contributed by atoms with Gasteiger partial charge in [0.25, 0.3) is 0 Å². The number of hydrogen-bond acceptors (Lipinski definition) is 3. The zero-order valence-electron chi connectivity index (χ0n) is 7.68. The molecule has 0 aliphatic rings. The molecule has 1 heterocycles. The summed E-state index contributed by atoms with van der Waals surface area (Å²) in [5.41, 5.74) is 6.38. The van der Waals surface area contributed by atoms with Gasteiger partial charge in [-0.3, -0.25) is 0 Å². The number of rotatable bonds is 4. The maximum atomic E-state index is 5.38. The van der Waals surface area contributed by atoms with E-state index in [1.165, 1.54) is 0 Å². The third kappa shape index (κ3) is 3.32. The van der Waals surface area contributed by atoms with E-state index < -0.39 is 0 Å². The number of hydrogen-bond donors (Lipinski definition) is 2. The van der Waals surface area contributed by atoms with Gasteiger partial charge >= 0.3 is 0 Å². The lowest BCUT2D eigenvalue weighted by molar-refractivity contribution is 0.869. The Balaban J connectivity index is 2.53. The average Bonchev–Trinajstić information content (AvgIpc) is 2.12. The van der Waals surface area contributed by atoms with Crippen LogP contribution in [0.5, 0.6) is 0 Å². The highest BCUT2D eigenvalue weighted by atomic mass is 79.9. The molecule has 0 unspecified atom stereocenters. The minimum Gasteiger partial charge on any atom is -0.370 e. The molecule has 0 amide bonds. The Morgan fingerprint density at radius 2 is 2.31 bits per heavy atom. The Morgan fingerprint density at radius 3 is 2.92 bits per heavy atom. The Morgan fingerprint density at radius 1 is 1.54 bits per heavy atom. The van der Waals surface area contributed by atoms with Crippen LogP contribution in [0.25, 0.3) is 0 Å². The van der Waals surface area contributed by atoms with E-state index in [1.54, 1.807) is 0 Å². The van der Waals surface area contributed by atoms with Gasteiger partial charge in [-0.05, 0) is 48.0 Å². The molecule has 72 valence electrons. The van der Waals surface area contributed by atoms with E-state index in [0.717, 1.165) is 29.0 Å². The highest BCUT2D eigenvalue weighted by Crippen LogP contribution is 2.15. The minimum absolute atomic E-state index is 0.711. The third-order valence-corrected chi connectivity index (χ3v) is 2.55. The summed E-state index contributed by atoms with van der Waals surface area (Å²) >= 11 is 3.40. The molecular weight excluding hydrogens is 230 g/mol. The summed E-state index contributed by atoms with van der Waals surface area (Å²) in [6, 6.07) is 3.95. The van der Waals surface area contributed by atoms with Crippen molar-refractivity contribution in [3.8, 4) is 0 Å². The van der Waals surface area contributed by atoms with Crippen molar-refractivity contribution >= 4 is 21.7 Å². The topological polar surface area (TPSA) is 50.9 Å². The fourth-order valence-corrected chi connectivity index (χ4v) is 1.18. The summed E-state index contributed by atoms with van der Waals surface area (Å²) in [6.45, 7) is 3.56. The van der Waals surface area contributed by atoms with Crippen molar-refractivity contribution in [1.82, 2.24) is 4.98 Å². The molecule has 0 saturated heterocycles. The Bertz CT molecular complexity index is 276. The summed E-state index contributed by atoms with van der Waals surface area (Å²) in [4.78, 5) is 4.35. The van der Waals surface area contributed by atoms with E-state index in [9.17, 15) is 0 Å². The zero-order chi connectivity index (χ0) is 9.68. The zero-order valence-corrected chi connectivity index (χ0v) is 9.26. The van der Waals surface area contributed by atoms with Gasteiger partial charge in [-0.1, -0.05) is 0 Å². The molecule has 0 radical (unpaired) electrons. The number of anilines is 1. The highest BCUT2D eigenvalue weighted by molar-refractivity contribution is 9.10.